The first-order valence-electron chi connectivity index (χ1n) is 8.89. The molecule has 1 aromatic heterocycles. The van der Waals surface area contributed by atoms with Gasteiger partial charge in [-0.2, -0.15) is 0 Å². The number of ether oxygens (including phenoxy) is 1. The minimum atomic E-state index is -0.757. The second kappa shape index (κ2) is 9.59. The summed E-state index contributed by atoms with van der Waals surface area (Å²) in [5, 5.41) is 10.9. The molecule has 0 fully saturated rings. The van der Waals surface area contributed by atoms with Crippen LogP contribution in [0.4, 0.5) is 0 Å². The number of rotatable bonds is 9. The summed E-state index contributed by atoms with van der Waals surface area (Å²) in [4.78, 5) is 11.1. The Hall–Kier alpha value is -1.82. The fourth-order valence-electron chi connectivity index (χ4n) is 2.82. The maximum absolute atomic E-state index is 11.1. The fraction of sp³-hybridized carbons (Fsp3) is 0.286. The normalized spacial score (nSPS) is 12.2. The summed E-state index contributed by atoms with van der Waals surface area (Å²) in [5.74, 6) is 0.657. The monoisotopic (exact) mass is 438 g/mol. The minimum Gasteiger partial charge on any atom is -0.489 e. The van der Waals surface area contributed by atoms with Crippen LogP contribution in [0.5, 0.6) is 5.75 Å². The molecule has 1 unspecified atom stereocenters. The smallest absolute Gasteiger partial charge is 0.316 e. The molecule has 3 rings (SSSR count). The topological polar surface area (TPSA) is 59.7 Å². The summed E-state index contributed by atoms with van der Waals surface area (Å²) in [6.45, 7) is 2.22. The van der Waals surface area contributed by atoms with Gasteiger partial charge in [0.15, 0.2) is 0 Å². The third-order valence-corrected chi connectivity index (χ3v) is 6.34. The third-order valence-electron chi connectivity index (χ3n) is 4.37. The number of aryl methyl sites for hydroxylation is 1. The maximum Gasteiger partial charge on any atom is 0.316 e. The van der Waals surface area contributed by atoms with Crippen LogP contribution in [0.2, 0.25) is 10.0 Å². The predicted octanol–water partition coefficient (Wildman–Crippen LogP) is 6.46. The molecule has 148 valence electrons. The Labute approximate surface area is 177 Å². The summed E-state index contributed by atoms with van der Waals surface area (Å²) in [7, 11) is 0. The van der Waals surface area contributed by atoms with E-state index in [-0.39, 0.29) is 5.25 Å². The number of fused-ring (bicyclic) bond motifs is 1. The first kappa shape index (κ1) is 20.9. The number of carbonyl (C=O) groups is 1. The van der Waals surface area contributed by atoms with Gasteiger partial charge in [0.25, 0.3) is 0 Å². The second-order valence-corrected chi connectivity index (χ2v) is 8.45. The molecule has 0 saturated heterocycles. The SMILES string of the molecule is CCC(SCCc1coc2cc(OCc3ccc(Cl)cc3Cl)ccc12)C(=O)O. The number of thioether (sulfide) groups is 1. The molecule has 0 radical (unpaired) electrons. The highest BCUT2D eigenvalue weighted by atomic mass is 35.5. The van der Waals surface area contributed by atoms with Crippen LogP contribution in [-0.2, 0) is 17.8 Å². The highest BCUT2D eigenvalue weighted by Crippen LogP contribution is 2.29. The Bertz CT molecular complexity index is 970. The standard InChI is InChI=1S/C21H20Cl2O4S/c1-2-20(21(24)25)28-8-7-13-11-27-19-10-16(5-6-17(13)19)26-12-14-3-4-15(22)9-18(14)23/h3-6,9-11,20H,2,7-8,12H2,1H3,(H,24,25). The third kappa shape index (κ3) is 5.16. The lowest BCUT2D eigenvalue weighted by Gasteiger charge is -2.09. The molecule has 0 aliphatic rings. The lowest BCUT2D eigenvalue weighted by molar-refractivity contribution is -0.136. The number of hydrogen-bond acceptors (Lipinski definition) is 4. The van der Waals surface area contributed by atoms with Gasteiger partial charge in [-0.05, 0) is 48.4 Å². The highest BCUT2D eigenvalue weighted by molar-refractivity contribution is 8.00. The average molecular weight is 439 g/mol. The van der Waals surface area contributed by atoms with Crippen molar-refractivity contribution in [2.24, 2.45) is 0 Å². The van der Waals surface area contributed by atoms with Crippen LogP contribution in [0.25, 0.3) is 11.0 Å². The van der Waals surface area contributed by atoms with Crippen molar-refractivity contribution in [2.75, 3.05) is 5.75 Å². The predicted molar refractivity (Wildman–Crippen MR) is 115 cm³/mol. The van der Waals surface area contributed by atoms with E-state index in [2.05, 4.69) is 0 Å². The van der Waals surface area contributed by atoms with Crippen LogP contribution in [0, 0.1) is 0 Å². The number of furan rings is 1. The number of aliphatic carboxylic acids is 1. The van der Waals surface area contributed by atoms with Crippen molar-refractivity contribution < 1.29 is 19.1 Å². The van der Waals surface area contributed by atoms with E-state index < -0.39 is 5.97 Å². The molecule has 0 spiro atoms. The number of carboxylic acid groups (broad SMARTS) is 1. The van der Waals surface area contributed by atoms with Crippen molar-refractivity contribution in [3.05, 3.63) is 63.8 Å². The molecule has 2 aromatic carbocycles. The largest absolute Gasteiger partial charge is 0.489 e. The number of hydrogen-bond donors (Lipinski definition) is 1. The summed E-state index contributed by atoms with van der Waals surface area (Å²) in [6, 6.07) is 11.0. The zero-order chi connectivity index (χ0) is 20.1. The van der Waals surface area contributed by atoms with E-state index in [1.807, 2.05) is 31.2 Å². The number of halogens is 2. The Kier molecular flexibility index (Phi) is 7.16. The Morgan fingerprint density at radius 2 is 2.04 bits per heavy atom. The highest BCUT2D eigenvalue weighted by Gasteiger charge is 2.16. The molecule has 0 bridgehead atoms. The zero-order valence-corrected chi connectivity index (χ0v) is 17.6. The van der Waals surface area contributed by atoms with Crippen LogP contribution in [0.1, 0.15) is 24.5 Å². The van der Waals surface area contributed by atoms with Gasteiger partial charge in [0.2, 0.25) is 0 Å². The lowest BCUT2D eigenvalue weighted by Crippen LogP contribution is -2.15. The molecule has 4 nitrogen and oxygen atoms in total. The van der Waals surface area contributed by atoms with E-state index in [9.17, 15) is 4.79 Å². The first-order valence-corrected chi connectivity index (χ1v) is 10.7. The average Bonchev–Trinajstić information content (AvgIpc) is 3.06. The number of carboxylic acids is 1. The quantitative estimate of drug-likeness (QED) is 0.415. The van der Waals surface area contributed by atoms with Crippen molar-refractivity contribution >= 4 is 51.9 Å². The van der Waals surface area contributed by atoms with Crippen LogP contribution < -0.4 is 4.74 Å². The second-order valence-electron chi connectivity index (χ2n) is 6.30. The Balaban J connectivity index is 1.62. The van der Waals surface area contributed by atoms with Crippen LogP contribution in [0.3, 0.4) is 0 Å². The molecule has 1 N–H and O–H groups in total. The minimum absolute atomic E-state index is 0.333. The zero-order valence-electron chi connectivity index (χ0n) is 15.3. The summed E-state index contributed by atoms with van der Waals surface area (Å²) in [5.41, 5.74) is 2.66. The summed E-state index contributed by atoms with van der Waals surface area (Å²) < 4.78 is 11.5. The maximum atomic E-state index is 11.1. The van der Waals surface area contributed by atoms with Gasteiger partial charge in [-0.15, -0.1) is 11.8 Å². The van der Waals surface area contributed by atoms with E-state index in [1.54, 1.807) is 18.4 Å². The van der Waals surface area contributed by atoms with Crippen LogP contribution in [0.15, 0.2) is 47.1 Å². The van der Waals surface area contributed by atoms with Crippen molar-refractivity contribution in [1.29, 1.82) is 0 Å². The summed E-state index contributed by atoms with van der Waals surface area (Å²) in [6.07, 6.45) is 3.10. The number of benzene rings is 2. The van der Waals surface area contributed by atoms with Gasteiger partial charge in [-0.25, -0.2) is 0 Å². The Morgan fingerprint density at radius 3 is 2.75 bits per heavy atom. The molecule has 0 aliphatic carbocycles. The molecule has 0 saturated carbocycles. The molecular weight excluding hydrogens is 419 g/mol. The molecule has 1 atom stereocenters. The lowest BCUT2D eigenvalue weighted by atomic mass is 10.1. The molecular formula is C21H20Cl2O4S. The van der Waals surface area contributed by atoms with Crippen LogP contribution >= 0.6 is 35.0 Å². The van der Waals surface area contributed by atoms with Gasteiger partial charge in [-0.1, -0.05) is 36.2 Å². The van der Waals surface area contributed by atoms with Crippen LogP contribution in [-0.4, -0.2) is 22.1 Å². The molecule has 28 heavy (non-hydrogen) atoms. The molecule has 0 aliphatic heterocycles. The Morgan fingerprint density at radius 1 is 1.21 bits per heavy atom. The van der Waals surface area contributed by atoms with Gasteiger partial charge >= 0.3 is 5.97 Å². The van der Waals surface area contributed by atoms with Crippen molar-refractivity contribution in [2.45, 2.75) is 31.6 Å². The van der Waals surface area contributed by atoms with Gasteiger partial charge < -0.3 is 14.3 Å². The van der Waals surface area contributed by atoms with E-state index in [0.29, 0.717) is 28.8 Å². The molecule has 7 heteroatoms. The van der Waals surface area contributed by atoms with E-state index in [1.165, 1.54) is 11.8 Å². The van der Waals surface area contributed by atoms with E-state index >= 15 is 0 Å². The molecule has 0 amide bonds. The van der Waals surface area contributed by atoms with Crippen molar-refractivity contribution in [1.82, 2.24) is 0 Å². The van der Waals surface area contributed by atoms with Gasteiger partial charge in [0, 0.05) is 27.1 Å². The van der Waals surface area contributed by atoms with Gasteiger partial charge in [0.1, 0.15) is 23.2 Å². The fourth-order valence-corrected chi connectivity index (χ4v) is 4.29. The summed E-state index contributed by atoms with van der Waals surface area (Å²) >= 11 is 13.5. The first-order chi connectivity index (χ1) is 13.5. The van der Waals surface area contributed by atoms with Crippen molar-refractivity contribution in [3.63, 3.8) is 0 Å². The van der Waals surface area contributed by atoms with Gasteiger partial charge in [0.05, 0.1) is 6.26 Å². The van der Waals surface area contributed by atoms with E-state index in [4.69, 9.17) is 37.5 Å². The van der Waals surface area contributed by atoms with E-state index in [0.717, 1.165) is 34.3 Å². The van der Waals surface area contributed by atoms with Crippen molar-refractivity contribution in [3.8, 4) is 5.75 Å². The molecule has 3 aromatic rings. The van der Waals surface area contributed by atoms with Gasteiger partial charge in [-0.3, -0.25) is 4.79 Å². The molecule has 1 heterocycles.